The molecule has 0 aliphatic rings. The van der Waals surface area contributed by atoms with E-state index in [1.54, 1.807) is 0 Å². The van der Waals surface area contributed by atoms with Gasteiger partial charge < -0.3 is 14.1 Å². The van der Waals surface area contributed by atoms with Crippen LogP contribution in [0.5, 0.6) is 0 Å². The molecule has 0 amide bonds. The molecule has 0 aliphatic carbocycles. The number of carbonyl (C=O) groups excluding carboxylic acids is 2. The molecule has 1 aromatic carbocycles. The van der Waals surface area contributed by atoms with E-state index in [-0.39, 0.29) is 27.4 Å². The number of carbonyl (C=O) groups is 2. The minimum atomic E-state index is -4.68. The van der Waals surface area contributed by atoms with Gasteiger partial charge in [-0.2, -0.15) is 0 Å². The molecule has 0 unspecified atom stereocenters. The number of nitrogens with one attached hydrogen (secondary N) is 2. The maximum Gasteiger partial charge on any atom is 0.374 e. The Kier molecular flexibility index (Phi) is 5.64. The number of anilines is 1. The van der Waals surface area contributed by atoms with Crippen LogP contribution in [0.1, 0.15) is 26.5 Å². The molecule has 0 saturated heterocycles. The van der Waals surface area contributed by atoms with Crippen molar-refractivity contribution in [3.8, 4) is 0 Å². The van der Waals surface area contributed by atoms with Crippen LogP contribution in [0.4, 0.5) is 14.7 Å². The number of sulfonamides is 1. The summed E-state index contributed by atoms with van der Waals surface area (Å²) in [5.74, 6) is -5.61. The van der Waals surface area contributed by atoms with Crippen LogP contribution in [0.15, 0.2) is 52.0 Å². The number of halogens is 3. The SMILES string of the molecule is COC(=O)c1ccc(NS(=O)(=O)c2ccc(F)c(C(=O)c3c[nH]c4ncc(Cl)cc34)c2F)o1. The molecule has 33 heavy (non-hydrogen) atoms. The average Bonchev–Trinajstić information content (AvgIpc) is 3.39. The van der Waals surface area contributed by atoms with Gasteiger partial charge in [0, 0.05) is 29.4 Å². The van der Waals surface area contributed by atoms with Crippen molar-refractivity contribution in [3.63, 3.8) is 0 Å². The molecule has 0 atom stereocenters. The number of aromatic amines is 1. The number of rotatable bonds is 6. The molecule has 0 bridgehead atoms. The fourth-order valence-electron chi connectivity index (χ4n) is 3.04. The van der Waals surface area contributed by atoms with E-state index >= 15 is 4.39 Å². The Labute approximate surface area is 189 Å². The van der Waals surface area contributed by atoms with Gasteiger partial charge in [-0.1, -0.05) is 11.6 Å². The van der Waals surface area contributed by atoms with Crippen LogP contribution < -0.4 is 4.72 Å². The summed E-state index contributed by atoms with van der Waals surface area (Å²) in [6.07, 6.45) is 2.50. The van der Waals surface area contributed by atoms with Crippen LogP contribution in [0.25, 0.3) is 11.0 Å². The van der Waals surface area contributed by atoms with Crippen LogP contribution in [0.3, 0.4) is 0 Å². The first-order chi connectivity index (χ1) is 15.6. The zero-order valence-corrected chi connectivity index (χ0v) is 18.1. The Bertz CT molecular complexity index is 1530. The van der Waals surface area contributed by atoms with Crippen LogP contribution in [-0.4, -0.2) is 37.2 Å². The average molecular weight is 496 g/mol. The predicted octanol–water partition coefficient (Wildman–Crippen LogP) is 3.91. The number of furan rings is 1. The third-order valence-corrected chi connectivity index (χ3v) is 6.11. The molecule has 0 spiro atoms. The topological polar surface area (TPSA) is 131 Å². The standard InChI is InChI=1S/C20H12ClF2N3O6S/c1-31-20(28)13-3-5-15(32-13)26-33(29,30)14-4-2-12(22)16(17(14)23)18(27)11-8-25-19-10(11)6-9(21)7-24-19/h2-8,26H,1H3,(H,24,25). The number of hydrogen-bond acceptors (Lipinski definition) is 7. The zero-order valence-electron chi connectivity index (χ0n) is 16.5. The number of aromatic nitrogens is 2. The van der Waals surface area contributed by atoms with Crippen molar-refractivity contribution in [2.24, 2.45) is 0 Å². The van der Waals surface area contributed by atoms with E-state index in [1.165, 1.54) is 18.5 Å². The summed E-state index contributed by atoms with van der Waals surface area (Å²) in [5.41, 5.74) is -1.00. The Morgan fingerprint density at radius 3 is 2.70 bits per heavy atom. The van der Waals surface area contributed by atoms with Gasteiger partial charge in [0.05, 0.1) is 17.7 Å². The third-order valence-electron chi connectivity index (χ3n) is 4.54. The lowest BCUT2D eigenvalue weighted by molar-refractivity contribution is 0.0566. The van der Waals surface area contributed by atoms with Crippen molar-refractivity contribution in [1.29, 1.82) is 0 Å². The molecule has 9 nitrogen and oxygen atoms in total. The van der Waals surface area contributed by atoms with Gasteiger partial charge in [0.25, 0.3) is 10.0 Å². The van der Waals surface area contributed by atoms with Crippen molar-refractivity contribution in [1.82, 2.24) is 9.97 Å². The maximum absolute atomic E-state index is 15.2. The van der Waals surface area contributed by atoms with Gasteiger partial charge in [0.2, 0.25) is 17.4 Å². The number of ether oxygens (including phenoxy) is 1. The summed E-state index contributed by atoms with van der Waals surface area (Å²) in [4.78, 5) is 30.1. The number of esters is 1. The molecule has 4 rings (SSSR count). The molecule has 13 heteroatoms. The van der Waals surface area contributed by atoms with E-state index in [0.717, 1.165) is 19.2 Å². The molecular formula is C20H12ClF2N3O6S. The minimum Gasteiger partial charge on any atom is -0.463 e. The number of fused-ring (bicyclic) bond motifs is 1. The normalized spacial score (nSPS) is 11.5. The summed E-state index contributed by atoms with van der Waals surface area (Å²) in [5, 5.41) is 0.381. The van der Waals surface area contributed by atoms with E-state index < -0.39 is 49.8 Å². The maximum atomic E-state index is 15.2. The Hall–Kier alpha value is -3.77. The van der Waals surface area contributed by atoms with Gasteiger partial charge >= 0.3 is 5.97 Å². The van der Waals surface area contributed by atoms with E-state index in [9.17, 15) is 22.4 Å². The Morgan fingerprint density at radius 1 is 1.21 bits per heavy atom. The van der Waals surface area contributed by atoms with Crippen molar-refractivity contribution < 1.29 is 35.9 Å². The zero-order chi connectivity index (χ0) is 23.9. The number of nitrogens with zero attached hydrogens (tertiary/aromatic N) is 1. The van der Waals surface area contributed by atoms with Crippen molar-refractivity contribution in [2.45, 2.75) is 4.90 Å². The summed E-state index contributed by atoms with van der Waals surface area (Å²) < 4.78 is 66.5. The quantitative estimate of drug-likeness (QED) is 0.306. The highest BCUT2D eigenvalue weighted by molar-refractivity contribution is 7.92. The van der Waals surface area contributed by atoms with E-state index in [0.29, 0.717) is 12.1 Å². The summed E-state index contributed by atoms with van der Waals surface area (Å²) >= 11 is 5.89. The monoisotopic (exact) mass is 495 g/mol. The molecule has 170 valence electrons. The molecule has 0 fully saturated rings. The lowest BCUT2D eigenvalue weighted by Crippen LogP contribution is -2.17. The molecule has 0 saturated carbocycles. The number of H-pyrrole nitrogens is 1. The third kappa shape index (κ3) is 4.05. The van der Waals surface area contributed by atoms with Crippen molar-refractivity contribution in [3.05, 3.63) is 76.3 Å². The first kappa shape index (κ1) is 22.4. The summed E-state index contributed by atoms with van der Waals surface area (Å²) in [6.45, 7) is 0. The number of benzene rings is 1. The Balaban J connectivity index is 1.74. The number of ketones is 1. The van der Waals surface area contributed by atoms with E-state index in [1.807, 2.05) is 4.72 Å². The largest absolute Gasteiger partial charge is 0.463 e. The molecule has 0 radical (unpaired) electrons. The smallest absolute Gasteiger partial charge is 0.374 e. The molecule has 3 heterocycles. The van der Waals surface area contributed by atoms with Crippen molar-refractivity contribution in [2.75, 3.05) is 11.8 Å². The summed E-state index contributed by atoms with van der Waals surface area (Å²) in [7, 11) is -3.59. The van der Waals surface area contributed by atoms with Crippen molar-refractivity contribution >= 4 is 50.3 Å². The molecule has 4 aromatic rings. The highest BCUT2D eigenvalue weighted by Gasteiger charge is 2.30. The van der Waals surface area contributed by atoms with Gasteiger partial charge in [-0.25, -0.2) is 31.7 Å². The highest BCUT2D eigenvalue weighted by Crippen LogP contribution is 2.29. The van der Waals surface area contributed by atoms with Gasteiger partial charge in [0.1, 0.15) is 16.4 Å². The van der Waals surface area contributed by atoms with Gasteiger partial charge in [-0.05, 0) is 24.3 Å². The van der Waals surface area contributed by atoms with Crippen LogP contribution in [-0.2, 0) is 14.8 Å². The second-order valence-electron chi connectivity index (χ2n) is 6.58. The lowest BCUT2D eigenvalue weighted by atomic mass is 10.0. The van der Waals surface area contributed by atoms with Crippen LogP contribution in [0, 0.1) is 11.6 Å². The number of pyridine rings is 1. The highest BCUT2D eigenvalue weighted by atomic mass is 35.5. The molecule has 2 N–H and O–H groups in total. The molecular weight excluding hydrogens is 484 g/mol. The lowest BCUT2D eigenvalue weighted by Gasteiger charge is -2.10. The fraction of sp³-hybridized carbons (Fsp3) is 0.0500. The Morgan fingerprint density at radius 2 is 1.97 bits per heavy atom. The van der Waals surface area contributed by atoms with Gasteiger partial charge in [-0.3, -0.25) is 4.79 Å². The number of hydrogen-bond donors (Lipinski definition) is 2. The number of methoxy groups -OCH3 is 1. The fourth-order valence-corrected chi connectivity index (χ4v) is 4.27. The second-order valence-corrected chi connectivity index (χ2v) is 8.66. The minimum absolute atomic E-state index is 0.158. The van der Waals surface area contributed by atoms with Crippen LogP contribution in [0.2, 0.25) is 5.02 Å². The predicted molar refractivity (Wildman–Crippen MR) is 112 cm³/mol. The summed E-state index contributed by atoms with van der Waals surface area (Å²) in [6, 6.07) is 4.91. The van der Waals surface area contributed by atoms with E-state index in [2.05, 4.69) is 14.7 Å². The molecule has 0 aliphatic heterocycles. The van der Waals surface area contributed by atoms with Crippen LogP contribution >= 0.6 is 11.6 Å². The molecule has 3 aromatic heterocycles. The van der Waals surface area contributed by atoms with Gasteiger partial charge in [-0.15, -0.1) is 0 Å². The second kappa shape index (κ2) is 8.30. The first-order valence-electron chi connectivity index (χ1n) is 8.98. The van der Waals surface area contributed by atoms with E-state index in [4.69, 9.17) is 16.0 Å². The van der Waals surface area contributed by atoms with Gasteiger partial charge in [0.15, 0.2) is 5.82 Å². The first-order valence-corrected chi connectivity index (χ1v) is 10.8.